The first-order valence-corrected chi connectivity index (χ1v) is 4.04. The van der Waals surface area contributed by atoms with E-state index in [1.807, 2.05) is 7.05 Å². The van der Waals surface area contributed by atoms with Crippen LogP contribution in [0, 0.1) is 11.3 Å². The van der Waals surface area contributed by atoms with Crippen LogP contribution >= 0.6 is 0 Å². The molecule has 10 heavy (non-hydrogen) atoms. The van der Waals surface area contributed by atoms with E-state index in [2.05, 4.69) is 24.5 Å². The Labute approximate surface area is 63.4 Å². The van der Waals surface area contributed by atoms with Crippen molar-refractivity contribution in [2.45, 2.75) is 13.8 Å². The molecule has 1 fully saturated rings. The van der Waals surface area contributed by atoms with Crippen molar-refractivity contribution in [3.8, 4) is 0 Å². The maximum atomic E-state index is 3.41. The fraction of sp³-hybridized carbons (Fsp3) is 1.00. The Morgan fingerprint density at radius 3 is 2.80 bits per heavy atom. The summed E-state index contributed by atoms with van der Waals surface area (Å²) in [6.45, 7) is 8.12. The summed E-state index contributed by atoms with van der Waals surface area (Å²) in [6.07, 6.45) is 0. The van der Waals surface area contributed by atoms with Crippen molar-refractivity contribution in [1.82, 2.24) is 10.6 Å². The molecule has 0 aromatic rings. The monoisotopic (exact) mass is 142 g/mol. The van der Waals surface area contributed by atoms with Gasteiger partial charge in [0.15, 0.2) is 0 Å². The second-order valence-corrected chi connectivity index (χ2v) is 3.72. The van der Waals surface area contributed by atoms with Gasteiger partial charge in [-0.3, -0.25) is 0 Å². The van der Waals surface area contributed by atoms with Crippen LogP contribution in [0.3, 0.4) is 0 Å². The Morgan fingerprint density at radius 1 is 1.70 bits per heavy atom. The van der Waals surface area contributed by atoms with Crippen molar-refractivity contribution in [3.05, 3.63) is 0 Å². The van der Waals surface area contributed by atoms with Crippen LogP contribution in [-0.2, 0) is 0 Å². The summed E-state index contributed by atoms with van der Waals surface area (Å²) in [5.41, 5.74) is 0.481. The SMILES string of the molecule is CNC[C@@]1(C)CNC[C@@H]1C. The average Bonchev–Trinajstić information content (AvgIpc) is 2.15. The molecule has 2 N–H and O–H groups in total. The van der Waals surface area contributed by atoms with E-state index in [9.17, 15) is 0 Å². The third-order valence-corrected chi connectivity index (χ3v) is 2.75. The van der Waals surface area contributed by atoms with Crippen molar-refractivity contribution in [2.24, 2.45) is 11.3 Å². The molecule has 2 atom stereocenters. The Kier molecular flexibility index (Phi) is 2.32. The molecule has 0 amide bonds. The molecule has 2 nitrogen and oxygen atoms in total. The van der Waals surface area contributed by atoms with Gasteiger partial charge in [-0.25, -0.2) is 0 Å². The van der Waals surface area contributed by atoms with E-state index < -0.39 is 0 Å². The molecule has 2 heteroatoms. The third kappa shape index (κ3) is 1.32. The van der Waals surface area contributed by atoms with Gasteiger partial charge in [-0.05, 0) is 24.9 Å². The van der Waals surface area contributed by atoms with Gasteiger partial charge in [0.2, 0.25) is 0 Å². The lowest BCUT2D eigenvalue weighted by atomic mass is 9.81. The van der Waals surface area contributed by atoms with Gasteiger partial charge >= 0.3 is 0 Å². The predicted octanol–water partition coefficient (Wildman–Crippen LogP) is 0.451. The number of nitrogens with one attached hydrogen (secondary N) is 2. The van der Waals surface area contributed by atoms with Crippen molar-refractivity contribution in [3.63, 3.8) is 0 Å². The summed E-state index contributed by atoms with van der Waals surface area (Å²) >= 11 is 0. The van der Waals surface area contributed by atoms with Gasteiger partial charge in [0.1, 0.15) is 0 Å². The van der Waals surface area contributed by atoms with Gasteiger partial charge < -0.3 is 10.6 Å². The van der Waals surface area contributed by atoms with Crippen LogP contribution in [0.1, 0.15) is 13.8 Å². The van der Waals surface area contributed by atoms with Crippen molar-refractivity contribution < 1.29 is 0 Å². The summed E-state index contributed by atoms with van der Waals surface area (Å²) in [7, 11) is 2.02. The Morgan fingerprint density at radius 2 is 2.40 bits per heavy atom. The lowest BCUT2D eigenvalue weighted by Gasteiger charge is -2.27. The fourth-order valence-electron chi connectivity index (χ4n) is 1.64. The summed E-state index contributed by atoms with van der Waals surface area (Å²) in [5.74, 6) is 0.806. The van der Waals surface area contributed by atoms with Gasteiger partial charge in [-0.15, -0.1) is 0 Å². The van der Waals surface area contributed by atoms with Crippen molar-refractivity contribution in [1.29, 1.82) is 0 Å². The van der Waals surface area contributed by atoms with Crippen LogP contribution in [0.25, 0.3) is 0 Å². The molecular formula is C8H18N2. The summed E-state index contributed by atoms with van der Waals surface area (Å²) in [6, 6.07) is 0. The second kappa shape index (κ2) is 2.89. The smallest absolute Gasteiger partial charge is 0.00205 e. The zero-order chi connectivity index (χ0) is 7.61. The second-order valence-electron chi connectivity index (χ2n) is 3.72. The molecule has 1 saturated heterocycles. The van der Waals surface area contributed by atoms with E-state index >= 15 is 0 Å². The molecule has 0 aliphatic carbocycles. The highest BCUT2D eigenvalue weighted by Crippen LogP contribution is 2.29. The quantitative estimate of drug-likeness (QED) is 0.585. The molecule has 0 bridgehead atoms. The number of hydrogen-bond donors (Lipinski definition) is 2. The van der Waals surface area contributed by atoms with Gasteiger partial charge in [0.05, 0.1) is 0 Å². The van der Waals surface area contributed by atoms with Gasteiger partial charge in [-0.2, -0.15) is 0 Å². The maximum Gasteiger partial charge on any atom is 0.00205 e. The van der Waals surface area contributed by atoms with E-state index in [4.69, 9.17) is 0 Å². The molecule has 1 aliphatic heterocycles. The minimum absolute atomic E-state index is 0.481. The Bertz CT molecular complexity index is 114. The topological polar surface area (TPSA) is 24.1 Å². The van der Waals surface area contributed by atoms with E-state index in [0.29, 0.717) is 5.41 Å². The van der Waals surface area contributed by atoms with Crippen LogP contribution in [0.2, 0.25) is 0 Å². The lowest BCUT2D eigenvalue weighted by molar-refractivity contribution is 0.268. The normalized spacial score (nSPS) is 40.5. The standard InChI is InChI=1S/C8H18N2/c1-7-4-10-6-8(7,2)5-9-3/h7,9-10H,4-6H2,1-3H3/t7-,8-/m0/s1. The molecule has 1 rings (SSSR count). The number of hydrogen-bond acceptors (Lipinski definition) is 2. The highest BCUT2D eigenvalue weighted by molar-refractivity contribution is 4.90. The molecular weight excluding hydrogens is 124 g/mol. The largest absolute Gasteiger partial charge is 0.319 e. The van der Waals surface area contributed by atoms with Crippen molar-refractivity contribution in [2.75, 3.05) is 26.7 Å². The highest BCUT2D eigenvalue weighted by Gasteiger charge is 2.34. The highest BCUT2D eigenvalue weighted by atomic mass is 15.0. The van der Waals surface area contributed by atoms with Gasteiger partial charge in [0.25, 0.3) is 0 Å². The van der Waals surface area contributed by atoms with Gasteiger partial charge in [0, 0.05) is 13.1 Å². The predicted molar refractivity (Wildman–Crippen MR) is 44.1 cm³/mol. The van der Waals surface area contributed by atoms with Crippen LogP contribution in [0.5, 0.6) is 0 Å². The van der Waals surface area contributed by atoms with Crippen molar-refractivity contribution >= 4 is 0 Å². The average molecular weight is 142 g/mol. The van der Waals surface area contributed by atoms with Crippen LogP contribution in [-0.4, -0.2) is 26.7 Å². The molecule has 0 saturated carbocycles. The first-order chi connectivity index (χ1) is 4.69. The molecule has 1 heterocycles. The minimum atomic E-state index is 0.481. The molecule has 0 aromatic carbocycles. The first kappa shape index (κ1) is 8.02. The summed E-state index contributed by atoms with van der Waals surface area (Å²) in [4.78, 5) is 0. The third-order valence-electron chi connectivity index (χ3n) is 2.75. The van der Waals surface area contributed by atoms with Gasteiger partial charge in [-0.1, -0.05) is 13.8 Å². The molecule has 1 aliphatic rings. The Balaban J connectivity index is 2.48. The van der Waals surface area contributed by atoms with Crippen LogP contribution in [0.4, 0.5) is 0 Å². The van der Waals surface area contributed by atoms with E-state index in [0.717, 1.165) is 19.0 Å². The van der Waals surface area contributed by atoms with E-state index in [1.54, 1.807) is 0 Å². The van der Waals surface area contributed by atoms with E-state index in [-0.39, 0.29) is 0 Å². The molecule has 0 aromatic heterocycles. The molecule has 0 radical (unpaired) electrons. The van der Waals surface area contributed by atoms with Crippen LogP contribution < -0.4 is 10.6 Å². The lowest BCUT2D eigenvalue weighted by Crippen LogP contribution is -2.35. The summed E-state index contributed by atoms with van der Waals surface area (Å²) < 4.78 is 0. The number of rotatable bonds is 2. The Hall–Kier alpha value is -0.0800. The van der Waals surface area contributed by atoms with E-state index in [1.165, 1.54) is 6.54 Å². The maximum absolute atomic E-state index is 3.41. The zero-order valence-corrected chi connectivity index (χ0v) is 7.20. The first-order valence-electron chi connectivity index (χ1n) is 4.04. The zero-order valence-electron chi connectivity index (χ0n) is 7.20. The molecule has 0 spiro atoms. The minimum Gasteiger partial charge on any atom is -0.319 e. The van der Waals surface area contributed by atoms with Crippen LogP contribution in [0.15, 0.2) is 0 Å². The molecule has 60 valence electrons. The molecule has 0 unspecified atom stereocenters. The summed E-state index contributed by atoms with van der Waals surface area (Å²) in [5, 5.41) is 6.65. The fourth-order valence-corrected chi connectivity index (χ4v) is 1.64.